The first-order valence-electron chi connectivity index (χ1n) is 10.3. The van der Waals surface area contributed by atoms with Gasteiger partial charge in [0.05, 0.1) is 5.69 Å². The zero-order valence-electron chi connectivity index (χ0n) is 18.4. The summed E-state index contributed by atoms with van der Waals surface area (Å²) in [7, 11) is -2.74. The predicted molar refractivity (Wildman–Crippen MR) is 130 cm³/mol. The van der Waals surface area contributed by atoms with E-state index in [0.717, 1.165) is 16.8 Å². The molecule has 2 aromatic rings. The molecule has 0 saturated carbocycles. The summed E-state index contributed by atoms with van der Waals surface area (Å²) in [6.07, 6.45) is 0.927. The summed E-state index contributed by atoms with van der Waals surface area (Å²) in [6, 6.07) is 12.2. The molecule has 32 heavy (non-hydrogen) atoms. The second-order valence-electron chi connectivity index (χ2n) is 8.08. The summed E-state index contributed by atoms with van der Waals surface area (Å²) < 4.78 is 54.7. The molecule has 176 valence electrons. The Bertz CT molecular complexity index is 1110. The van der Waals surface area contributed by atoms with Gasteiger partial charge in [0.2, 0.25) is 10.9 Å². The third kappa shape index (κ3) is 6.14. The van der Waals surface area contributed by atoms with E-state index in [2.05, 4.69) is 4.72 Å². The van der Waals surface area contributed by atoms with Crippen LogP contribution in [0.2, 0.25) is 5.02 Å². The Balaban J connectivity index is 1.61. The SMILES string of the molecule is C[C@@H](CCN(c1ccc(N(C)C)cc1)[SH](=O)=O)NS(=O)(=O)N1CCc2cc(Cl)ccc2C1. The van der Waals surface area contributed by atoms with Gasteiger partial charge in [-0.25, -0.2) is 8.42 Å². The van der Waals surface area contributed by atoms with Gasteiger partial charge < -0.3 is 4.90 Å². The van der Waals surface area contributed by atoms with Crippen molar-refractivity contribution in [2.45, 2.75) is 32.4 Å². The molecule has 0 aromatic heterocycles. The van der Waals surface area contributed by atoms with E-state index in [4.69, 9.17) is 11.6 Å². The maximum atomic E-state index is 12.9. The van der Waals surface area contributed by atoms with Crippen LogP contribution in [-0.4, -0.2) is 54.4 Å². The molecule has 1 aliphatic heterocycles. The van der Waals surface area contributed by atoms with Crippen molar-refractivity contribution < 1.29 is 16.8 Å². The molecule has 2 aromatic carbocycles. The van der Waals surface area contributed by atoms with E-state index in [1.165, 1.54) is 8.61 Å². The highest BCUT2D eigenvalue weighted by Gasteiger charge is 2.28. The van der Waals surface area contributed by atoms with Gasteiger partial charge in [-0.3, -0.25) is 4.31 Å². The molecule has 0 unspecified atom stereocenters. The fourth-order valence-electron chi connectivity index (χ4n) is 3.63. The smallest absolute Gasteiger partial charge is 0.280 e. The number of anilines is 2. The Morgan fingerprint density at radius 3 is 2.38 bits per heavy atom. The lowest BCUT2D eigenvalue weighted by Crippen LogP contribution is -2.47. The van der Waals surface area contributed by atoms with Crippen LogP contribution in [0.3, 0.4) is 0 Å². The van der Waals surface area contributed by atoms with Crippen LogP contribution in [-0.2, 0) is 34.1 Å². The van der Waals surface area contributed by atoms with E-state index in [1.807, 2.05) is 43.3 Å². The average Bonchev–Trinajstić information content (AvgIpc) is 2.73. The minimum Gasteiger partial charge on any atom is -0.378 e. The first kappa shape index (κ1) is 24.8. The van der Waals surface area contributed by atoms with Crippen molar-refractivity contribution in [1.29, 1.82) is 0 Å². The summed E-state index contributed by atoms with van der Waals surface area (Å²) >= 11 is 6.03. The molecule has 3 rings (SSSR count). The molecule has 0 saturated heterocycles. The first-order valence-corrected chi connectivity index (χ1v) is 13.3. The number of fused-ring (bicyclic) bond motifs is 1. The minimum atomic E-state index is -3.71. The number of thiol groups is 1. The molecule has 0 bridgehead atoms. The van der Waals surface area contributed by atoms with Gasteiger partial charge in [0.25, 0.3) is 10.2 Å². The number of halogens is 1. The number of hydrogen-bond acceptors (Lipinski definition) is 5. The van der Waals surface area contributed by atoms with Crippen LogP contribution < -0.4 is 13.9 Å². The Hall–Kier alpha value is -1.85. The van der Waals surface area contributed by atoms with E-state index in [1.54, 1.807) is 25.1 Å². The van der Waals surface area contributed by atoms with Gasteiger partial charge in [0, 0.05) is 50.5 Å². The molecule has 1 atom stereocenters. The zero-order valence-corrected chi connectivity index (χ0v) is 20.8. The van der Waals surface area contributed by atoms with Crippen LogP contribution in [0.25, 0.3) is 0 Å². The van der Waals surface area contributed by atoms with Crippen molar-refractivity contribution in [3.8, 4) is 0 Å². The molecular formula is C21H29ClN4O4S2. The Morgan fingerprint density at radius 2 is 1.75 bits per heavy atom. The van der Waals surface area contributed by atoms with Crippen LogP contribution in [0.4, 0.5) is 11.4 Å². The van der Waals surface area contributed by atoms with Crippen molar-refractivity contribution in [2.24, 2.45) is 0 Å². The number of benzene rings is 2. The highest BCUT2D eigenvalue weighted by Crippen LogP contribution is 2.24. The van der Waals surface area contributed by atoms with Crippen molar-refractivity contribution in [2.75, 3.05) is 36.4 Å². The van der Waals surface area contributed by atoms with Crippen LogP contribution in [0.15, 0.2) is 42.5 Å². The fourth-order valence-corrected chi connectivity index (χ4v) is 5.84. The summed E-state index contributed by atoms with van der Waals surface area (Å²) in [4.78, 5) is 1.93. The molecule has 0 radical (unpaired) electrons. The highest BCUT2D eigenvalue weighted by atomic mass is 35.5. The van der Waals surface area contributed by atoms with Gasteiger partial charge in [-0.05, 0) is 67.3 Å². The molecule has 8 nitrogen and oxygen atoms in total. The Kier molecular flexibility index (Phi) is 8.05. The first-order chi connectivity index (χ1) is 15.1. The quantitative estimate of drug-likeness (QED) is 0.516. The van der Waals surface area contributed by atoms with Gasteiger partial charge in [0.1, 0.15) is 0 Å². The van der Waals surface area contributed by atoms with E-state index in [-0.39, 0.29) is 13.1 Å². The fraction of sp³-hybridized carbons (Fsp3) is 0.429. The third-order valence-electron chi connectivity index (χ3n) is 5.47. The summed E-state index contributed by atoms with van der Waals surface area (Å²) in [6.45, 7) is 2.56. The molecule has 0 fully saturated rings. The lowest BCUT2D eigenvalue weighted by Gasteiger charge is -2.30. The highest BCUT2D eigenvalue weighted by molar-refractivity contribution is 7.87. The summed E-state index contributed by atoms with van der Waals surface area (Å²) in [5, 5.41) is 0.643. The van der Waals surface area contributed by atoms with Crippen molar-refractivity contribution in [3.63, 3.8) is 0 Å². The van der Waals surface area contributed by atoms with Gasteiger partial charge in [-0.2, -0.15) is 17.4 Å². The van der Waals surface area contributed by atoms with E-state index >= 15 is 0 Å². The number of nitrogens with zero attached hydrogens (tertiary/aromatic N) is 3. The normalized spacial score (nSPS) is 15.4. The van der Waals surface area contributed by atoms with Gasteiger partial charge in [-0.1, -0.05) is 17.7 Å². The minimum absolute atomic E-state index is 0.172. The molecule has 0 amide bonds. The molecule has 1 N–H and O–H groups in total. The monoisotopic (exact) mass is 500 g/mol. The van der Waals surface area contributed by atoms with E-state index < -0.39 is 27.1 Å². The number of hydrogen-bond donors (Lipinski definition) is 2. The maximum Gasteiger partial charge on any atom is 0.280 e. The van der Waals surface area contributed by atoms with Crippen molar-refractivity contribution in [1.82, 2.24) is 9.03 Å². The third-order valence-corrected chi connectivity index (χ3v) is 8.22. The topological polar surface area (TPSA) is 90.0 Å². The standard InChI is InChI=1S/C21H29ClN4O4S2/c1-16(10-13-26(31(27)28)21-8-6-20(7-9-21)24(2)3)23-32(29,30)25-12-11-17-14-19(22)5-4-18(17)15-25/h4-9,14,16,23,31H,10-13,15H2,1-3H3/t16-/m0/s1. The second kappa shape index (κ2) is 10.4. The number of rotatable bonds is 9. The van der Waals surface area contributed by atoms with Crippen LogP contribution in [0.1, 0.15) is 24.5 Å². The molecule has 11 heteroatoms. The van der Waals surface area contributed by atoms with E-state index in [9.17, 15) is 16.8 Å². The van der Waals surface area contributed by atoms with Crippen LogP contribution >= 0.6 is 11.6 Å². The molecule has 1 heterocycles. The van der Waals surface area contributed by atoms with Crippen LogP contribution in [0, 0.1) is 0 Å². The summed E-state index contributed by atoms with van der Waals surface area (Å²) in [5.41, 5.74) is 3.51. The lowest BCUT2D eigenvalue weighted by atomic mass is 10.0. The summed E-state index contributed by atoms with van der Waals surface area (Å²) in [5.74, 6) is 0. The largest absolute Gasteiger partial charge is 0.378 e. The average molecular weight is 501 g/mol. The van der Waals surface area contributed by atoms with Crippen molar-refractivity contribution in [3.05, 3.63) is 58.6 Å². The second-order valence-corrected chi connectivity index (χ2v) is 11.2. The molecule has 1 aliphatic rings. The number of nitrogens with one attached hydrogen (secondary N) is 1. The Labute approximate surface area is 197 Å². The van der Waals surface area contributed by atoms with Crippen molar-refractivity contribution >= 4 is 44.1 Å². The van der Waals surface area contributed by atoms with Crippen LogP contribution in [0.5, 0.6) is 0 Å². The van der Waals surface area contributed by atoms with E-state index in [0.29, 0.717) is 30.1 Å². The lowest BCUT2D eigenvalue weighted by molar-refractivity contribution is 0.378. The predicted octanol–water partition coefficient (Wildman–Crippen LogP) is 2.41. The van der Waals surface area contributed by atoms with Gasteiger partial charge in [0.15, 0.2) is 0 Å². The molecule has 0 aliphatic carbocycles. The zero-order chi connectivity index (χ0) is 23.5. The van der Waals surface area contributed by atoms with Gasteiger partial charge in [-0.15, -0.1) is 0 Å². The Morgan fingerprint density at radius 1 is 1.09 bits per heavy atom. The van der Waals surface area contributed by atoms with Gasteiger partial charge >= 0.3 is 0 Å². The molecule has 0 spiro atoms. The maximum absolute atomic E-state index is 12.9. The molecular weight excluding hydrogens is 472 g/mol.